The van der Waals surface area contributed by atoms with Crippen LogP contribution in [-0.4, -0.2) is 33.9 Å². The molecule has 0 atom stereocenters. The molecule has 0 saturated heterocycles. The summed E-state index contributed by atoms with van der Waals surface area (Å²) >= 11 is 0. The number of benzene rings is 2. The number of carboxylic acids is 1. The number of phenolic OH excluding ortho intramolecular Hbond substituents is 2. The Morgan fingerprint density at radius 2 is 1.54 bits per heavy atom. The first-order chi connectivity index (χ1) is 12.4. The van der Waals surface area contributed by atoms with Crippen molar-refractivity contribution in [2.24, 2.45) is 0 Å². The van der Waals surface area contributed by atoms with Crippen molar-refractivity contribution in [1.29, 1.82) is 0 Å². The molecular formula is C20H24O6. The zero-order valence-electron chi connectivity index (χ0n) is 14.9. The summed E-state index contributed by atoms with van der Waals surface area (Å²) < 4.78 is 4.90. The highest BCUT2D eigenvalue weighted by Gasteiger charge is 2.09. The van der Waals surface area contributed by atoms with Gasteiger partial charge in [0, 0.05) is 0 Å². The molecule has 0 saturated carbocycles. The van der Waals surface area contributed by atoms with E-state index in [1.54, 1.807) is 0 Å². The fraction of sp³-hybridized carbons (Fsp3) is 0.300. The van der Waals surface area contributed by atoms with E-state index in [4.69, 9.17) is 20.1 Å². The number of aromatic hydroxyl groups is 2. The topological polar surface area (TPSA) is 104 Å². The van der Waals surface area contributed by atoms with Crippen molar-refractivity contribution in [3.8, 4) is 11.5 Å². The fourth-order valence-corrected chi connectivity index (χ4v) is 2.14. The summed E-state index contributed by atoms with van der Waals surface area (Å²) in [5.41, 5.74) is 1.43. The first-order valence-corrected chi connectivity index (χ1v) is 8.40. The highest BCUT2D eigenvalue weighted by Crippen LogP contribution is 2.18. The van der Waals surface area contributed by atoms with Crippen LogP contribution in [0.15, 0.2) is 42.5 Å². The van der Waals surface area contributed by atoms with Gasteiger partial charge in [-0.3, -0.25) is 0 Å². The molecule has 0 aliphatic rings. The Kier molecular flexibility index (Phi) is 8.70. The molecule has 0 unspecified atom stereocenters. The molecule has 0 amide bonds. The minimum atomic E-state index is -0.941. The Morgan fingerprint density at radius 1 is 0.923 bits per heavy atom. The Balaban J connectivity index is 0.000000260. The van der Waals surface area contributed by atoms with Gasteiger partial charge in [-0.1, -0.05) is 20.3 Å². The van der Waals surface area contributed by atoms with Crippen molar-refractivity contribution in [2.45, 2.75) is 33.1 Å². The zero-order valence-corrected chi connectivity index (χ0v) is 14.9. The number of ether oxygens (including phenoxy) is 1. The van der Waals surface area contributed by atoms with Crippen LogP contribution >= 0.6 is 0 Å². The third-order valence-electron chi connectivity index (χ3n) is 3.38. The summed E-state index contributed by atoms with van der Waals surface area (Å²) in [6.07, 6.45) is 2.35. The summed E-state index contributed by atoms with van der Waals surface area (Å²) in [4.78, 5) is 21.9. The fourth-order valence-electron chi connectivity index (χ4n) is 2.14. The van der Waals surface area contributed by atoms with E-state index in [9.17, 15) is 9.59 Å². The van der Waals surface area contributed by atoms with E-state index in [1.807, 2.05) is 13.8 Å². The molecule has 0 spiro atoms. The smallest absolute Gasteiger partial charge is 0.338 e. The maximum absolute atomic E-state index is 11.2. The van der Waals surface area contributed by atoms with Crippen LogP contribution in [-0.2, 0) is 11.2 Å². The molecule has 0 radical (unpaired) electrons. The summed E-state index contributed by atoms with van der Waals surface area (Å²) in [7, 11) is 0. The lowest BCUT2D eigenvalue weighted by molar-refractivity contribution is 0.0504. The van der Waals surface area contributed by atoms with Gasteiger partial charge in [-0.2, -0.15) is 0 Å². The average Bonchev–Trinajstić information content (AvgIpc) is 2.61. The van der Waals surface area contributed by atoms with E-state index in [2.05, 4.69) is 0 Å². The van der Waals surface area contributed by atoms with Crippen molar-refractivity contribution in [3.63, 3.8) is 0 Å². The largest absolute Gasteiger partial charge is 0.508 e. The molecule has 2 aromatic carbocycles. The van der Waals surface area contributed by atoms with Crippen LogP contribution in [0.1, 0.15) is 53.0 Å². The van der Waals surface area contributed by atoms with Gasteiger partial charge in [0.1, 0.15) is 11.5 Å². The van der Waals surface area contributed by atoms with Crippen LogP contribution in [0.4, 0.5) is 0 Å². The van der Waals surface area contributed by atoms with Gasteiger partial charge in [-0.15, -0.1) is 0 Å². The first kappa shape index (κ1) is 21.0. The minimum absolute atomic E-state index is 0.119. The van der Waals surface area contributed by atoms with Crippen molar-refractivity contribution in [3.05, 3.63) is 59.2 Å². The van der Waals surface area contributed by atoms with E-state index < -0.39 is 5.97 Å². The molecule has 6 nitrogen and oxygen atoms in total. The van der Waals surface area contributed by atoms with Gasteiger partial charge in [0.05, 0.1) is 17.7 Å². The number of carbonyl (C=O) groups is 2. The van der Waals surface area contributed by atoms with Crippen molar-refractivity contribution in [1.82, 2.24) is 0 Å². The molecule has 3 N–H and O–H groups in total. The van der Waals surface area contributed by atoms with E-state index in [0.29, 0.717) is 24.2 Å². The second kappa shape index (κ2) is 10.8. The second-order valence-electron chi connectivity index (χ2n) is 5.58. The molecule has 0 aromatic heterocycles. The quantitative estimate of drug-likeness (QED) is 0.673. The molecule has 2 rings (SSSR count). The Labute approximate surface area is 152 Å². The number of esters is 1. The lowest BCUT2D eigenvalue weighted by Gasteiger charge is -2.04. The number of carbonyl (C=O) groups excluding carboxylic acids is 1. The number of carboxylic acid groups (broad SMARTS) is 1. The van der Waals surface area contributed by atoms with Crippen LogP contribution in [0, 0.1) is 0 Å². The Bertz CT molecular complexity index is 722. The third kappa shape index (κ3) is 6.84. The summed E-state index contributed by atoms with van der Waals surface area (Å²) in [5.74, 6) is -1.02. The first-order valence-electron chi connectivity index (χ1n) is 8.40. The van der Waals surface area contributed by atoms with Gasteiger partial charge < -0.3 is 20.1 Å². The van der Waals surface area contributed by atoms with Gasteiger partial charge in [-0.25, -0.2) is 9.59 Å². The molecular weight excluding hydrogens is 336 g/mol. The molecule has 0 fully saturated rings. The van der Waals surface area contributed by atoms with E-state index in [-0.39, 0.29) is 23.0 Å². The van der Waals surface area contributed by atoms with Crippen LogP contribution in [0.5, 0.6) is 11.5 Å². The number of hydrogen-bond acceptors (Lipinski definition) is 5. The normalized spacial score (nSPS) is 9.77. The monoisotopic (exact) mass is 360 g/mol. The average molecular weight is 360 g/mol. The maximum atomic E-state index is 11.2. The molecule has 2 aromatic rings. The van der Waals surface area contributed by atoms with Gasteiger partial charge in [0.25, 0.3) is 0 Å². The van der Waals surface area contributed by atoms with Crippen molar-refractivity contribution < 1.29 is 29.6 Å². The molecule has 0 aliphatic heterocycles. The number of aromatic carboxylic acids is 1. The van der Waals surface area contributed by atoms with Gasteiger partial charge >= 0.3 is 11.9 Å². The van der Waals surface area contributed by atoms with E-state index in [1.165, 1.54) is 42.5 Å². The van der Waals surface area contributed by atoms with Gasteiger partial charge in [0.2, 0.25) is 0 Å². The highest BCUT2D eigenvalue weighted by atomic mass is 16.5. The molecule has 0 bridgehead atoms. The van der Waals surface area contributed by atoms with Crippen LogP contribution in [0.3, 0.4) is 0 Å². The van der Waals surface area contributed by atoms with Gasteiger partial charge in [-0.05, 0) is 60.9 Å². The number of phenols is 2. The minimum Gasteiger partial charge on any atom is -0.508 e. The Hall–Kier alpha value is -3.02. The molecule has 0 aliphatic carbocycles. The maximum Gasteiger partial charge on any atom is 0.338 e. The van der Waals surface area contributed by atoms with Gasteiger partial charge in [0.15, 0.2) is 0 Å². The molecule has 6 heteroatoms. The van der Waals surface area contributed by atoms with Crippen molar-refractivity contribution in [2.75, 3.05) is 6.61 Å². The zero-order chi connectivity index (χ0) is 19.5. The summed E-state index contributed by atoms with van der Waals surface area (Å²) in [5, 5.41) is 26.9. The van der Waals surface area contributed by atoms with Crippen LogP contribution < -0.4 is 0 Å². The molecule has 140 valence electrons. The number of hydrogen-bond donors (Lipinski definition) is 3. The van der Waals surface area contributed by atoms with Crippen LogP contribution in [0.2, 0.25) is 0 Å². The van der Waals surface area contributed by atoms with E-state index in [0.717, 1.165) is 12.8 Å². The predicted octanol–water partition coefficient (Wildman–Crippen LogP) is 4.00. The summed E-state index contributed by atoms with van der Waals surface area (Å²) in [6.45, 7) is 4.33. The third-order valence-corrected chi connectivity index (χ3v) is 3.38. The second-order valence-corrected chi connectivity index (χ2v) is 5.58. The van der Waals surface area contributed by atoms with E-state index >= 15 is 0 Å². The number of aryl methyl sites for hydroxylation is 1. The SMILES string of the molecule is CCCOC(=O)c1ccc(O)cc1.CCCc1cc(O)ccc1C(=O)O. The Morgan fingerprint density at radius 3 is 2.08 bits per heavy atom. The van der Waals surface area contributed by atoms with Crippen LogP contribution in [0.25, 0.3) is 0 Å². The number of rotatable bonds is 6. The van der Waals surface area contributed by atoms with Crippen molar-refractivity contribution >= 4 is 11.9 Å². The standard InChI is InChI=1S/2C10H12O3/c1-2-7-13-10(12)8-3-5-9(11)6-4-8;1-2-3-7-6-8(11)4-5-9(7)10(12)13/h3-6,11H,2,7H2,1H3;4-6,11H,2-3H2,1H3,(H,12,13). The molecule has 0 heterocycles. The lowest BCUT2D eigenvalue weighted by atomic mass is 10.0. The predicted molar refractivity (Wildman–Crippen MR) is 97.7 cm³/mol. The highest BCUT2D eigenvalue weighted by molar-refractivity contribution is 5.90. The molecule has 26 heavy (non-hydrogen) atoms. The summed E-state index contributed by atoms with van der Waals surface area (Å²) in [6, 6.07) is 10.3. The lowest BCUT2D eigenvalue weighted by Crippen LogP contribution is -2.05.